The van der Waals surface area contributed by atoms with Crippen molar-refractivity contribution in [2.75, 3.05) is 32.9 Å². The van der Waals surface area contributed by atoms with Gasteiger partial charge in [-0.2, -0.15) is 0 Å². The Labute approximate surface area is 113 Å². The summed E-state index contributed by atoms with van der Waals surface area (Å²) >= 11 is 0. The van der Waals surface area contributed by atoms with Gasteiger partial charge in [0.05, 0.1) is 19.8 Å². The van der Waals surface area contributed by atoms with Gasteiger partial charge < -0.3 is 14.4 Å². The third-order valence-electron chi connectivity index (χ3n) is 3.67. The summed E-state index contributed by atoms with van der Waals surface area (Å²) in [5, 5.41) is 0. The van der Waals surface area contributed by atoms with E-state index in [4.69, 9.17) is 9.47 Å². The van der Waals surface area contributed by atoms with Gasteiger partial charge in [0.2, 0.25) is 0 Å². The summed E-state index contributed by atoms with van der Waals surface area (Å²) in [7, 11) is 0. The first-order valence-corrected chi connectivity index (χ1v) is 6.87. The number of esters is 1. The van der Waals surface area contributed by atoms with E-state index >= 15 is 0 Å². The molecular formula is C14H21NO4. The Balaban J connectivity index is 2.08. The van der Waals surface area contributed by atoms with Crippen LogP contribution in [0.3, 0.4) is 0 Å². The van der Waals surface area contributed by atoms with Crippen LogP contribution < -0.4 is 0 Å². The maximum atomic E-state index is 12.1. The van der Waals surface area contributed by atoms with Crippen molar-refractivity contribution in [1.29, 1.82) is 0 Å². The van der Waals surface area contributed by atoms with Crippen molar-refractivity contribution in [1.82, 2.24) is 4.90 Å². The summed E-state index contributed by atoms with van der Waals surface area (Å²) < 4.78 is 10.3. The van der Waals surface area contributed by atoms with Crippen molar-refractivity contribution in [2.45, 2.75) is 20.3 Å². The van der Waals surface area contributed by atoms with Gasteiger partial charge in [-0.1, -0.05) is 6.92 Å². The van der Waals surface area contributed by atoms with Crippen LogP contribution in [0.5, 0.6) is 0 Å². The smallest absolute Gasteiger partial charge is 0.317 e. The van der Waals surface area contributed by atoms with Crippen molar-refractivity contribution in [3.63, 3.8) is 0 Å². The minimum atomic E-state index is -0.634. The van der Waals surface area contributed by atoms with Gasteiger partial charge in [0.1, 0.15) is 5.92 Å². The van der Waals surface area contributed by atoms with Crippen LogP contribution in [0, 0.1) is 11.8 Å². The molecule has 0 spiro atoms. The first-order valence-electron chi connectivity index (χ1n) is 6.87. The molecule has 1 fully saturated rings. The lowest BCUT2D eigenvalue weighted by molar-refractivity contribution is -0.153. The monoisotopic (exact) mass is 267 g/mol. The number of carbonyl (C=O) groups is 2. The van der Waals surface area contributed by atoms with Crippen LogP contribution >= 0.6 is 0 Å². The Kier molecular flexibility index (Phi) is 4.58. The molecule has 0 aromatic heterocycles. The fourth-order valence-corrected chi connectivity index (χ4v) is 2.69. The van der Waals surface area contributed by atoms with Crippen molar-refractivity contribution in [3.05, 3.63) is 11.8 Å². The fraction of sp³-hybridized carbons (Fsp3) is 0.714. The number of hydrogen-bond acceptors (Lipinski definition) is 5. The molecular weight excluding hydrogens is 246 g/mol. The van der Waals surface area contributed by atoms with Gasteiger partial charge in [-0.15, -0.1) is 0 Å². The molecule has 1 heterocycles. The standard InChI is InChI=1S/C14H21NO4/c1-3-19-14(17)13-10(2)8-11(9-12(13)16)15-4-6-18-7-5-15/h9-10,13H,3-8H2,1-2H3. The van der Waals surface area contributed by atoms with Crippen LogP contribution in [0.4, 0.5) is 0 Å². The highest BCUT2D eigenvalue weighted by atomic mass is 16.5. The van der Waals surface area contributed by atoms with E-state index in [0.29, 0.717) is 19.8 Å². The number of allylic oxidation sites excluding steroid dienone is 2. The fourth-order valence-electron chi connectivity index (χ4n) is 2.69. The van der Waals surface area contributed by atoms with E-state index in [1.165, 1.54) is 0 Å². The zero-order valence-corrected chi connectivity index (χ0v) is 11.6. The highest BCUT2D eigenvalue weighted by molar-refractivity contribution is 6.06. The Hall–Kier alpha value is -1.36. The summed E-state index contributed by atoms with van der Waals surface area (Å²) in [5.41, 5.74) is 1.03. The molecule has 1 aliphatic heterocycles. The summed E-state index contributed by atoms with van der Waals surface area (Å²) in [6, 6.07) is 0. The average Bonchev–Trinajstić information content (AvgIpc) is 2.39. The quantitative estimate of drug-likeness (QED) is 0.564. The predicted octanol–water partition coefficient (Wildman–Crippen LogP) is 0.991. The SMILES string of the molecule is CCOC(=O)C1C(=O)C=C(N2CCOCC2)CC1C. The van der Waals surface area contributed by atoms with Crippen LogP contribution in [-0.4, -0.2) is 49.6 Å². The number of hydrogen-bond donors (Lipinski definition) is 0. The zero-order chi connectivity index (χ0) is 13.8. The molecule has 106 valence electrons. The lowest BCUT2D eigenvalue weighted by Crippen LogP contribution is -2.41. The highest BCUT2D eigenvalue weighted by Crippen LogP contribution is 2.30. The maximum absolute atomic E-state index is 12.1. The molecule has 0 amide bonds. The zero-order valence-electron chi connectivity index (χ0n) is 11.6. The largest absolute Gasteiger partial charge is 0.465 e. The van der Waals surface area contributed by atoms with Gasteiger partial charge in [-0.3, -0.25) is 9.59 Å². The topological polar surface area (TPSA) is 55.8 Å². The summed E-state index contributed by atoms with van der Waals surface area (Å²) in [4.78, 5) is 26.1. The summed E-state index contributed by atoms with van der Waals surface area (Å²) in [6.07, 6.45) is 2.36. The Morgan fingerprint density at radius 1 is 1.47 bits per heavy atom. The molecule has 2 rings (SSSR count). The van der Waals surface area contributed by atoms with Gasteiger partial charge in [-0.05, 0) is 19.3 Å². The number of ether oxygens (including phenoxy) is 2. The van der Waals surface area contributed by atoms with Crippen LogP contribution in [0.1, 0.15) is 20.3 Å². The Bertz CT molecular complexity index is 385. The van der Waals surface area contributed by atoms with Crippen molar-refractivity contribution >= 4 is 11.8 Å². The van der Waals surface area contributed by atoms with E-state index in [0.717, 1.165) is 25.2 Å². The van der Waals surface area contributed by atoms with E-state index in [2.05, 4.69) is 4.90 Å². The molecule has 0 saturated carbocycles. The number of nitrogens with zero attached hydrogens (tertiary/aromatic N) is 1. The van der Waals surface area contributed by atoms with Crippen LogP contribution in [-0.2, 0) is 19.1 Å². The minimum Gasteiger partial charge on any atom is -0.465 e. The molecule has 1 aliphatic carbocycles. The highest BCUT2D eigenvalue weighted by Gasteiger charge is 2.37. The third-order valence-corrected chi connectivity index (χ3v) is 3.67. The second-order valence-corrected chi connectivity index (χ2v) is 5.05. The van der Waals surface area contributed by atoms with Crippen molar-refractivity contribution in [3.8, 4) is 0 Å². The van der Waals surface area contributed by atoms with E-state index in [-0.39, 0.29) is 11.7 Å². The molecule has 2 unspecified atom stereocenters. The normalized spacial score (nSPS) is 28.0. The maximum Gasteiger partial charge on any atom is 0.317 e. The Morgan fingerprint density at radius 3 is 2.74 bits per heavy atom. The molecule has 2 aliphatic rings. The molecule has 0 aromatic carbocycles. The van der Waals surface area contributed by atoms with Gasteiger partial charge in [0.15, 0.2) is 5.78 Å². The lowest BCUT2D eigenvalue weighted by Gasteiger charge is -2.35. The molecule has 1 saturated heterocycles. The number of carbonyl (C=O) groups excluding carboxylic acids is 2. The second-order valence-electron chi connectivity index (χ2n) is 5.05. The van der Waals surface area contributed by atoms with E-state index in [1.807, 2.05) is 6.92 Å². The molecule has 0 bridgehead atoms. The first-order chi connectivity index (χ1) is 9.13. The van der Waals surface area contributed by atoms with E-state index in [1.54, 1.807) is 13.0 Å². The third kappa shape index (κ3) is 3.15. The van der Waals surface area contributed by atoms with Crippen LogP contribution in [0.2, 0.25) is 0 Å². The molecule has 5 heteroatoms. The Morgan fingerprint density at radius 2 is 2.16 bits per heavy atom. The summed E-state index contributed by atoms with van der Waals surface area (Å²) in [5.74, 6) is -1.16. The second kappa shape index (κ2) is 6.19. The van der Waals surface area contributed by atoms with Crippen molar-refractivity contribution < 1.29 is 19.1 Å². The van der Waals surface area contributed by atoms with E-state index in [9.17, 15) is 9.59 Å². The van der Waals surface area contributed by atoms with Gasteiger partial charge >= 0.3 is 5.97 Å². The molecule has 19 heavy (non-hydrogen) atoms. The van der Waals surface area contributed by atoms with Crippen LogP contribution in [0.25, 0.3) is 0 Å². The number of morpholine rings is 1. The molecule has 0 radical (unpaired) electrons. The van der Waals surface area contributed by atoms with Crippen molar-refractivity contribution in [2.24, 2.45) is 11.8 Å². The molecule has 5 nitrogen and oxygen atoms in total. The number of rotatable bonds is 3. The van der Waals surface area contributed by atoms with E-state index < -0.39 is 11.9 Å². The van der Waals surface area contributed by atoms with Crippen LogP contribution in [0.15, 0.2) is 11.8 Å². The van der Waals surface area contributed by atoms with Gasteiger partial charge in [0, 0.05) is 24.9 Å². The van der Waals surface area contributed by atoms with Gasteiger partial charge in [-0.25, -0.2) is 0 Å². The minimum absolute atomic E-state index is 0.00519. The molecule has 2 atom stereocenters. The first kappa shape index (κ1) is 14.1. The average molecular weight is 267 g/mol. The molecule has 0 aromatic rings. The predicted molar refractivity (Wildman–Crippen MR) is 69.4 cm³/mol. The molecule has 0 N–H and O–H groups in total. The number of ketones is 1. The lowest BCUT2D eigenvalue weighted by atomic mass is 9.81. The summed E-state index contributed by atoms with van der Waals surface area (Å²) in [6.45, 7) is 7.03. The van der Waals surface area contributed by atoms with Gasteiger partial charge in [0.25, 0.3) is 0 Å².